The summed E-state index contributed by atoms with van der Waals surface area (Å²) in [5.74, 6) is -0.0507. The summed E-state index contributed by atoms with van der Waals surface area (Å²) in [5, 5.41) is 0. The van der Waals surface area contributed by atoms with Gasteiger partial charge in [0, 0.05) is 45.2 Å². The van der Waals surface area contributed by atoms with Gasteiger partial charge in [-0.3, -0.25) is 0 Å². The van der Waals surface area contributed by atoms with E-state index in [0.29, 0.717) is 17.7 Å². The zero-order chi connectivity index (χ0) is 18.0. The smallest absolute Gasteiger partial charge is 0.387 e. The number of esters is 1. The molecule has 1 heterocycles. The maximum atomic E-state index is 12.4. The van der Waals surface area contributed by atoms with Gasteiger partial charge in [-0.1, -0.05) is 18.2 Å². The van der Waals surface area contributed by atoms with Crippen molar-refractivity contribution in [3.05, 3.63) is 59.2 Å². The van der Waals surface area contributed by atoms with Crippen LogP contribution in [-0.2, 0) is 25.8 Å². The predicted octanol–water partition coefficient (Wildman–Crippen LogP) is 3.60. The largest absolute Gasteiger partial charge is 0.485 e. The average Bonchev–Trinajstić information content (AvgIpc) is 2.60. The maximum Gasteiger partial charge on any atom is 0.387 e. The van der Waals surface area contributed by atoms with Crippen LogP contribution in [0.25, 0.3) is 0 Å². The molecule has 0 aromatic heterocycles. The number of halogens is 2. The SMILES string of the molecule is COC(=O)c1cccc([C@H]2C[C@@H](N)c3ccc(OC(F)F)cc3O2)c1.[Pt]. The fourth-order valence-corrected chi connectivity index (χ4v) is 2.85. The first-order valence-electron chi connectivity index (χ1n) is 7.67. The monoisotopic (exact) mass is 544 g/mol. The number of benzene rings is 2. The van der Waals surface area contributed by atoms with E-state index in [1.54, 1.807) is 24.3 Å². The van der Waals surface area contributed by atoms with E-state index in [1.807, 2.05) is 6.07 Å². The first-order valence-corrected chi connectivity index (χ1v) is 7.67. The molecule has 5 nitrogen and oxygen atoms in total. The predicted molar refractivity (Wildman–Crippen MR) is 85.8 cm³/mol. The van der Waals surface area contributed by atoms with Gasteiger partial charge in [-0.05, 0) is 23.8 Å². The van der Waals surface area contributed by atoms with Crippen molar-refractivity contribution in [3.8, 4) is 11.5 Å². The number of carbonyl (C=O) groups excluding carboxylic acids is 1. The minimum Gasteiger partial charge on any atom is -0.485 e. The number of hydrogen-bond acceptors (Lipinski definition) is 5. The number of nitrogens with two attached hydrogens (primary N) is 1. The molecule has 2 N–H and O–H groups in total. The molecule has 2 aromatic carbocycles. The first kappa shape index (κ1) is 20.3. The van der Waals surface area contributed by atoms with Gasteiger partial charge in [-0.15, -0.1) is 0 Å². The van der Waals surface area contributed by atoms with Gasteiger partial charge >= 0.3 is 12.6 Å². The fourth-order valence-electron chi connectivity index (χ4n) is 2.85. The molecule has 0 saturated heterocycles. The van der Waals surface area contributed by atoms with E-state index in [9.17, 15) is 13.6 Å². The van der Waals surface area contributed by atoms with E-state index in [4.69, 9.17) is 15.2 Å². The molecule has 0 spiro atoms. The summed E-state index contributed by atoms with van der Waals surface area (Å²) >= 11 is 0. The van der Waals surface area contributed by atoms with E-state index in [2.05, 4.69) is 4.74 Å². The van der Waals surface area contributed by atoms with Gasteiger partial charge in [0.15, 0.2) is 0 Å². The number of rotatable bonds is 4. The molecular weight excluding hydrogens is 527 g/mol. The van der Waals surface area contributed by atoms with Crippen molar-refractivity contribution in [2.75, 3.05) is 7.11 Å². The van der Waals surface area contributed by atoms with E-state index in [0.717, 1.165) is 11.1 Å². The summed E-state index contributed by atoms with van der Waals surface area (Å²) in [4.78, 5) is 11.7. The molecule has 0 amide bonds. The fraction of sp³-hybridized carbons (Fsp3) is 0.278. The molecule has 2 atom stereocenters. The van der Waals surface area contributed by atoms with Crippen LogP contribution in [0.2, 0.25) is 0 Å². The Morgan fingerprint density at radius 2 is 2.04 bits per heavy atom. The van der Waals surface area contributed by atoms with Gasteiger partial charge in [0.25, 0.3) is 0 Å². The minimum atomic E-state index is -2.91. The Hall–Kier alpha value is -1.98. The topological polar surface area (TPSA) is 70.8 Å². The van der Waals surface area contributed by atoms with Crippen molar-refractivity contribution in [3.63, 3.8) is 0 Å². The van der Waals surface area contributed by atoms with Gasteiger partial charge < -0.3 is 19.9 Å². The number of alkyl halides is 2. The van der Waals surface area contributed by atoms with Crippen LogP contribution in [0.3, 0.4) is 0 Å². The molecule has 2 aromatic rings. The molecule has 0 bridgehead atoms. The summed E-state index contributed by atoms with van der Waals surface area (Å²) < 4.78 is 39.8. The van der Waals surface area contributed by atoms with E-state index in [-0.39, 0.29) is 32.9 Å². The van der Waals surface area contributed by atoms with Crippen molar-refractivity contribution in [1.82, 2.24) is 0 Å². The van der Waals surface area contributed by atoms with Crippen molar-refractivity contribution < 1.29 is 48.9 Å². The molecule has 1 aliphatic heterocycles. The molecule has 0 unspecified atom stereocenters. The number of hydrogen-bond donors (Lipinski definition) is 1. The average molecular weight is 544 g/mol. The molecule has 0 radical (unpaired) electrons. The standard InChI is InChI=1S/C18H17F2NO4.Pt/c1-23-17(22)11-4-2-3-10(7-11)15-9-14(21)13-6-5-12(24-18(19)20)8-16(13)25-15;/h2-8,14-15,18H,9,21H2,1H3;/t14-,15-;/m1./s1. The van der Waals surface area contributed by atoms with Crippen LogP contribution in [0.4, 0.5) is 8.78 Å². The zero-order valence-corrected chi connectivity index (χ0v) is 16.0. The van der Waals surface area contributed by atoms with Crippen LogP contribution >= 0.6 is 0 Å². The summed E-state index contributed by atoms with van der Waals surface area (Å²) in [6.45, 7) is -2.91. The Balaban J connectivity index is 0.00000243. The molecule has 0 aliphatic carbocycles. The van der Waals surface area contributed by atoms with Gasteiger partial charge in [-0.25, -0.2) is 4.79 Å². The van der Waals surface area contributed by atoms with E-state index >= 15 is 0 Å². The number of methoxy groups -OCH3 is 1. The minimum absolute atomic E-state index is 0. The second-order valence-corrected chi connectivity index (χ2v) is 5.64. The Morgan fingerprint density at radius 3 is 2.73 bits per heavy atom. The van der Waals surface area contributed by atoms with Crippen molar-refractivity contribution in [1.29, 1.82) is 0 Å². The first-order chi connectivity index (χ1) is 12.0. The van der Waals surface area contributed by atoms with Gasteiger partial charge in [-0.2, -0.15) is 8.78 Å². The maximum absolute atomic E-state index is 12.4. The Labute approximate surface area is 163 Å². The Morgan fingerprint density at radius 1 is 1.27 bits per heavy atom. The Bertz CT molecular complexity index is 788. The van der Waals surface area contributed by atoms with Crippen molar-refractivity contribution in [2.24, 2.45) is 5.73 Å². The summed E-state index contributed by atoms with van der Waals surface area (Å²) in [6.07, 6.45) is 0.0843. The van der Waals surface area contributed by atoms with Crippen molar-refractivity contribution >= 4 is 5.97 Å². The summed E-state index contributed by atoms with van der Waals surface area (Å²) in [5.41, 5.74) is 8.07. The quantitative estimate of drug-likeness (QED) is 0.596. The Kier molecular flexibility index (Phi) is 6.73. The van der Waals surface area contributed by atoms with Gasteiger partial charge in [0.05, 0.1) is 12.7 Å². The van der Waals surface area contributed by atoms with E-state index < -0.39 is 18.7 Å². The van der Waals surface area contributed by atoms with E-state index in [1.165, 1.54) is 19.2 Å². The molecule has 0 fully saturated rings. The van der Waals surface area contributed by atoms with Gasteiger partial charge in [0.1, 0.15) is 17.6 Å². The number of fused-ring (bicyclic) bond motifs is 1. The zero-order valence-electron chi connectivity index (χ0n) is 13.8. The van der Waals surface area contributed by atoms with Gasteiger partial charge in [0.2, 0.25) is 0 Å². The third-order valence-corrected chi connectivity index (χ3v) is 4.03. The van der Waals surface area contributed by atoms with Crippen LogP contribution < -0.4 is 15.2 Å². The second kappa shape index (κ2) is 8.60. The van der Waals surface area contributed by atoms with Crippen LogP contribution in [0, 0.1) is 0 Å². The normalized spacial score (nSPS) is 18.3. The van der Waals surface area contributed by atoms with Crippen LogP contribution in [-0.4, -0.2) is 19.7 Å². The molecule has 3 rings (SSSR count). The third kappa shape index (κ3) is 4.40. The molecule has 8 heteroatoms. The molecule has 26 heavy (non-hydrogen) atoms. The third-order valence-electron chi connectivity index (χ3n) is 4.03. The molecule has 0 saturated carbocycles. The second-order valence-electron chi connectivity index (χ2n) is 5.64. The number of carbonyl (C=O) groups is 1. The summed E-state index contributed by atoms with van der Waals surface area (Å²) in [7, 11) is 1.31. The van der Waals surface area contributed by atoms with Crippen LogP contribution in [0.1, 0.15) is 40.1 Å². The van der Waals surface area contributed by atoms with Crippen molar-refractivity contribution in [2.45, 2.75) is 25.2 Å². The van der Waals surface area contributed by atoms with Crippen LogP contribution in [0.5, 0.6) is 11.5 Å². The van der Waals surface area contributed by atoms with Crippen LogP contribution in [0.15, 0.2) is 42.5 Å². The summed E-state index contributed by atoms with van der Waals surface area (Å²) in [6, 6.07) is 11.0. The number of ether oxygens (including phenoxy) is 3. The molecular formula is C18H17F2NO4Pt. The molecule has 142 valence electrons. The molecule has 1 aliphatic rings.